The van der Waals surface area contributed by atoms with Crippen molar-refractivity contribution in [2.75, 3.05) is 0 Å². The van der Waals surface area contributed by atoms with Crippen LogP contribution in [-0.2, 0) is 0 Å². The second-order valence-electron chi connectivity index (χ2n) is 7.69. The normalized spacial score (nSPS) is 6.78. The Hall–Kier alpha value is -5.80. The number of nitrogens with zero attached hydrogens (tertiary/aromatic N) is 10. The van der Waals surface area contributed by atoms with E-state index in [2.05, 4.69) is 49.8 Å². The minimum Gasteiger partial charge on any atom is -0.265 e. The van der Waals surface area contributed by atoms with Crippen LogP contribution < -0.4 is 0 Å². The summed E-state index contributed by atoms with van der Waals surface area (Å²) in [5, 5.41) is 9.88. The van der Waals surface area contributed by atoms with Gasteiger partial charge in [0.05, 0.1) is 16.5 Å². The monoisotopic (exact) mass is 880 g/mol. The van der Waals surface area contributed by atoms with Crippen LogP contribution in [0.15, 0.2) is 216 Å². The number of hydrogen-bond acceptors (Lipinski definition) is 14. The molecule has 9 aromatic rings. The number of hydrogen-bond donors (Lipinski definition) is 0. The summed E-state index contributed by atoms with van der Waals surface area (Å²) in [7, 11) is 0. The van der Waals surface area contributed by atoms with Gasteiger partial charge in [0.1, 0.15) is 6.33 Å². The third-order valence-corrected chi connectivity index (χ3v) is 6.32. The molecule has 0 saturated heterocycles. The largest absolute Gasteiger partial charge is 0.265 e. The van der Waals surface area contributed by atoms with Crippen LogP contribution in [0.25, 0.3) is 0 Å². The topological polar surface area (TPSA) is 129 Å². The summed E-state index contributed by atoms with van der Waals surface area (Å²) in [4.78, 5) is 37.4. The Morgan fingerprint density at radius 2 is 0.458 bits per heavy atom. The Morgan fingerprint density at radius 3 is 0.542 bits per heavy atom. The first-order chi connectivity index (χ1) is 25.0. The first kappa shape index (κ1) is 74.2. The van der Waals surface area contributed by atoms with Crippen molar-refractivity contribution in [3.8, 4) is 0 Å². The zero-order valence-corrected chi connectivity index (χ0v) is 30.2. The van der Waals surface area contributed by atoms with Crippen LogP contribution >= 0.6 is 45.3 Å². The van der Waals surface area contributed by atoms with Crippen LogP contribution in [-0.4, -0.2) is 49.8 Å². The molecule has 0 aliphatic heterocycles. The van der Waals surface area contributed by atoms with Gasteiger partial charge in [-0.2, -0.15) is 11.3 Å². The van der Waals surface area contributed by atoms with E-state index in [1.165, 1.54) is 6.33 Å². The van der Waals surface area contributed by atoms with Crippen molar-refractivity contribution in [2.24, 2.45) is 0 Å². The molecule has 0 saturated carbocycles. The van der Waals surface area contributed by atoms with Crippen LogP contribution in [0.2, 0.25) is 0 Å². The molecule has 326 valence electrons. The molecular formula is C45H72N10S4. The maximum Gasteiger partial charge on any atom is 0.115 e. The van der Waals surface area contributed by atoms with Crippen molar-refractivity contribution in [2.45, 2.75) is 66.8 Å². The van der Waals surface area contributed by atoms with Gasteiger partial charge in [-0.1, -0.05) is 97.2 Å². The maximum absolute atomic E-state index is 3.78. The van der Waals surface area contributed by atoms with Gasteiger partial charge < -0.3 is 0 Å². The van der Waals surface area contributed by atoms with Crippen molar-refractivity contribution in [1.82, 2.24) is 49.8 Å². The van der Waals surface area contributed by atoms with Gasteiger partial charge in [-0.3, -0.25) is 39.9 Å². The quantitative estimate of drug-likeness (QED) is 0.145. The first-order valence-corrected chi connectivity index (χ1v) is 18.2. The third-order valence-electron chi connectivity index (χ3n) is 4.12. The van der Waals surface area contributed by atoms with E-state index >= 15 is 0 Å². The van der Waals surface area contributed by atoms with E-state index in [1.54, 1.807) is 161 Å². The highest BCUT2D eigenvalue weighted by molar-refractivity contribution is 7.08. The average molecular weight is 881 g/mol. The molecule has 0 spiro atoms. The summed E-state index contributed by atoms with van der Waals surface area (Å²) in [6.45, 7) is 0. The Bertz CT molecular complexity index is 1190. The minimum absolute atomic E-state index is 0. The molecule has 0 fully saturated rings. The highest BCUT2D eigenvalue weighted by Gasteiger charge is 1.63. The predicted molar refractivity (Wildman–Crippen MR) is 268 cm³/mol. The van der Waals surface area contributed by atoms with E-state index in [9.17, 15) is 0 Å². The zero-order valence-electron chi connectivity index (χ0n) is 26.9. The Balaban J connectivity index is -0.0000000669. The predicted octanol–water partition coefficient (Wildman–Crippen LogP) is 15.1. The molecule has 0 radical (unpaired) electrons. The summed E-state index contributed by atoms with van der Waals surface area (Å²) >= 11 is 6.52. The van der Waals surface area contributed by atoms with Crippen molar-refractivity contribution in [3.05, 3.63) is 216 Å². The first-order valence-electron chi connectivity index (χ1n) is 14.4. The zero-order chi connectivity index (χ0) is 35.4. The summed E-state index contributed by atoms with van der Waals surface area (Å²) < 4.78 is 0. The third kappa shape index (κ3) is 67.3. The highest BCUT2D eigenvalue weighted by atomic mass is 32.1. The van der Waals surface area contributed by atoms with Crippen LogP contribution in [0.1, 0.15) is 66.8 Å². The molecule has 0 unspecified atom stereocenters. The van der Waals surface area contributed by atoms with E-state index in [0.717, 1.165) is 0 Å². The summed E-state index contributed by atoms with van der Waals surface area (Å²) in [6, 6.07) is 23.0. The average Bonchev–Trinajstić information content (AvgIpc) is 4.09. The lowest BCUT2D eigenvalue weighted by atomic mass is 10.5. The van der Waals surface area contributed by atoms with Crippen LogP contribution in [0, 0.1) is 0 Å². The van der Waals surface area contributed by atoms with Gasteiger partial charge in [0.15, 0.2) is 0 Å². The molecule has 0 N–H and O–H groups in total. The number of thiazole rings is 3. The van der Waals surface area contributed by atoms with Gasteiger partial charge in [0.2, 0.25) is 0 Å². The van der Waals surface area contributed by atoms with Gasteiger partial charge in [0.25, 0.3) is 0 Å². The van der Waals surface area contributed by atoms with Gasteiger partial charge >= 0.3 is 0 Å². The van der Waals surface area contributed by atoms with Crippen molar-refractivity contribution < 1.29 is 0 Å². The number of thiophene rings is 1. The van der Waals surface area contributed by atoms with Crippen molar-refractivity contribution in [3.63, 3.8) is 0 Å². The Kier molecular flexibility index (Phi) is 88.1. The molecule has 9 heterocycles. The molecule has 9 rings (SSSR count). The standard InChI is InChI=1S/3C5H5N.2C4H4N2.C4H4S.3C3H3NS.9CH4/c3*1-2-4-6-5-3-1;1-2-6-4-3-5-1;1-2-5-4-6-3-1;1-2-4-5-3-1;3*1-2-5-3-4-1;;;;;;;;;/h3*1-5H;2*1-4H;1-4H;3*1-3H;9*1H4. The second kappa shape index (κ2) is 70.0. The Morgan fingerprint density at radius 1 is 0.186 bits per heavy atom. The molecule has 14 heteroatoms. The molecule has 59 heavy (non-hydrogen) atoms. The van der Waals surface area contributed by atoms with Crippen molar-refractivity contribution in [1.29, 1.82) is 0 Å². The number of rotatable bonds is 0. The smallest absolute Gasteiger partial charge is 0.115 e. The van der Waals surface area contributed by atoms with E-state index in [-0.39, 0.29) is 66.8 Å². The lowest BCUT2D eigenvalue weighted by Gasteiger charge is -1.70. The van der Waals surface area contributed by atoms with Gasteiger partial charge in [-0.25, -0.2) is 9.97 Å². The summed E-state index contributed by atoms with van der Waals surface area (Å²) in [5.74, 6) is 0. The van der Waals surface area contributed by atoms with Crippen LogP contribution in [0.5, 0.6) is 0 Å². The molecule has 0 aromatic carbocycles. The van der Waals surface area contributed by atoms with Gasteiger partial charge in [0, 0.05) is 109 Å². The fourth-order valence-corrected chi connectivity index (χ4v) is 3.71. The van der Waals surface area contributed by atoms with E-state index in [0.29, 0.717) is 0 Å². The fraction of sp³-hybridized carbons (Fsp3) is 0.200. The lowest BCUT2D eigenvalue weighted by Crippen LogP contribution is -1.66. The highest BCUT2D eigenvalue weighted by Crippen LogP contribution is 1.91. The van der Waals surface area contributed by atoms with Crippen LogP contribution in [0.3, 0.4) is 0 Å². The minimum atomic E-state index is 0. The van der Waals surface area contributed by atoms with E-state index in [4.69, 9.17) is 0 Å². The molecule has 0 bridgehead atoms. The molecule has 0 amide bonds. The maximum atomic E-state index is 3.78. The fourth-order valence-electron chi connectivity index (χ4n) is 2.20. The molecule has 0 aliphatic rings. The van der Waals surface area contributed by atoms with Crippen LogP contribution in [0.4, 0.5) is 0 Å². The molecule has 10 nitrogen and oxygen atoms in total. The summed E-state index contributed by atoms with van der Waals surface area (Å²) in [5.41, 5.74) is 5.38. The number of aromatic nitrogens is 10. The SMILES string of the molecule is C.C.C.C.C.C.C.C.C.c1ccncc1.c1ccncc1.c1ccncc1.c1ccsc1.c1cnccn1.c1cncnc1.c1cscn1.c1cscn1.c1cscn1. The van der Waals surface area contributed by atoms with Gasteiger partial charge in [-0.15, -0.1) is 34.0 Å². The Labute approximate surface area is 375 Å². The lowest BCUT2D eigenvalue weighted by molar-refractivity contribution is 1.17. The molecule has 0 atom stereocenters. The molecular weight excluding hydrogens is 809 g/mol. The van der Waals surface area contributed by atoms with Crippen molar-refractivity contribution >= 4 is 45.3 Å². The second-order valence-corrected chi connectivity index (χ2v) is 10.8. The molecule has 0 aliphatic carbocycles. The van der Waals surface area contributed by atoms with E-state index < -0.39 is 0 Å². The number of pyridine rings is 3. The molecule has 9 aromatic heterocycles. The van der Waals surface area contributed by atoms with E-state index in [1.807, 2.05) is 93.6 Å². The summed E-state index contributed by atoms with van der Waals surface area (Å²) in [6.07, 6.45) is 27.2. The van der Waals surface area contributed by atoms with Gasteiger partial charge in [-0.05, 0) is 53.2 Å².